The van der Waals surface area contributed by atoms with Crippen molar-refractivity contribution < 1.29 is 14.3 Å². The first kappa shape index (κ1) is 14.2. The normalized spacial score (nSPS) is 27.3. The van der Waals surface area contributed by atoms with Crippen molar-refractivity contribution in [3.05, 3.63) is 34.6 Å². The average molecular weight is 264 g/mol. The maximum absolute atomic E-state index is 14.0. The molecule has 0 amide bonds. The maximum atomic E-state index is 14.0. The van der Waals surface area contributed by atoms with Gasteiger partial charge in [-0.25, -0.2) is 4.39 Å². The number of aliphatic hydroxyl groups is 1. The molecular weight excluding hydrogens is 243 g/mol. The van der Waals surface area contributed by atoms with Gasteiger partial charge < -0.3 is 5.11 Å². The number of carbonyl (C=O) groups is 1. The van der Waals surface area contributed by atoms with Crippen LogP contribution in [0.5, 0.6) is 0 Å². The first-order valence-electron chi connectivity index (χ1n) is 6.87. The Bertz CT molecular complexity index is 476. The van der Waals surface area contributed by atoms with Gasteiger partial charge in [0.05, 0.1) is 5.56 Å². The minimum absolute atomic E-state index is 0.0580. The van der Waals surface area contributed by atoms with Crippen molar-refractivity contribution in [3.63, 3.8) is 0 Å². The van der Waals surface area contributed by atoms with E-state index in [-0.39, 0.29) is 5.56 Å². The topological polar surface area (TPSA) is 37.3 Å². The van der Waals surface area contributed by atoms with E-state index in [9.17, 15) is 14.3 Å². The Morgan fingerprint density at radius 2 is 1.89 bits per heavy atom. The molecule has 1 saturated carbocycles. The number of aryl methyl sites for hydroxylation is 2. The molecule has 1 aromatic carbocycles. The number of carbonyl (C=O) groups excluding carboxylic acids is 1. The van der Waals surface area contributed by atoms with Crippen LogP contribution < -0.4 is 0 Å². The summed E-state index contributed by atoms with van der Waals surface area (Å²) in [6, 6.07) is 3.14. The lowest BCUT2D eigenvalue weighted by Crippen LogP contribution is -2.42. The van der Waals surface area contributed by atoms with Crippen molar-refractivity contribution in [1.29, 1.82) is 0 Å². The molecule has 1 N–H and O–H groups in total. The Balaban J connectivity index is 2.34. The molecule has 0 aliphatic heterocycles. The van der Waals surface area contributed by atoms with Crippen molar-refractivity contribution in [3.8, 4) is 0 Å². The summed E-state index contributed by atoms with van der Waals surface area (Å²) in [7, 11) is 0. The van der Waals surface area contributed by atoms with E-state index in [2.05, 4.69) is 6.92 Å². The lowest BCUT2D eigenvalue weighted by molar-refractivity contribution is 0.00385. The third-order valence-electron chi connectivity index (χ3n) is 4.18. The molecular formula is C16H21FO2. The summed E-state index contributed by atoms with van der Waals surface area (Å²) in [4.78, 5) is 12.5. The molecule has 0 heterocycles. The van der Waals surface area contributed by atoms with E-state index < -0.39 is 17.2 Å². The van der Waals surface area contributed by atoms with Gasteiger partial charge in [-0.3, -0.25) is 4.79 Å². The second kappa shape index (κ2) is 5.04. The van der Waals surface area contributed by atoms with Gasteiger partial charge in [0.15, 0.2) is 5.78 Å². The average Bonchev–Trinajstić information content (AvgIpc) is 2.31. The molecule has 1 aliphatic carbocycles. The van der Waals surface area contributed by atoms with Crippen LogP contribution in [-0.4, -0.2) is 16.5 Å². The van der Waals surface area contributed by atoms with Gasteiger partial charge in [0.25, 0.3) is 0 Å². The smallest absolute Gasteiger partial charge is 0.197 e. The van der Waals surface area contributed by atoms with Gasteiger partial charge in [-0.05, 0) is 62.6 Å². The molecule has 2 rings (SSSR count). The Kier molecular flexibility index (Phi) is 3.77. The number of rotatable bonds is 2. The van der Waals surface area contributed by atoms with Gasteiger partial charge in [-0.15, -0.1) is 0 Å². The van der Waals surface area contributed by atoms with Gasteiger partial charge in [0, 0.05) is 0 Å². The minimum Gasteiger partial charge on any atom is -0.382 e. The molecule has 19 heavy (non-hydrogen) atoms. The second-order valence-electron chi connectivity index (χ2n) is 5.98. The van der Waals surface area contributed by atoms with E-state index in [1.165, 1.54) is 6.07 Å². The summed E-state index contributed by atoms with van der Waals surface area (Å²) in [6.45, 7) is 5.63. The summed E-state index contributed by atoms with van der Waals surface area (Å²) >= 11 is 0. The van der Waals surface area contributed by atoms with Crippen LogP contribution >= 0.6 is 0 Å². The molecule has 1 fully saturated rings. The zero-order valence-corrected chi connectivity index (χ0v) is 11.8. The Hall–Kier alpha value is -1.22. The van der Waals surface area contributed by atoms with E-state index in [0.29, 0.717) is 24.3 Å². The van der Waals surface area contributed by atoms with Crippen LogP contribution in [-0.2, 0) is 0 Å². The zero-order valence-electron chi connectivity index (χ0n) is 11.8. The highest BCUT2D eigenvalue weighted by Crippen LogP contribution is 2.35. The quantitative estimate of drug-likeness (QED) is 0.829. The highest BCUT2D eigenvalue weighted by atomic mass is 19.1. The van der Waals surface area contributed by atoms with E-state index in [1.807, 2.05) is 0 Å². The van der Waals surface area contributed by atoms with E-state index >= 15 is 0 Å². The molecule has 0 spiro atoms. The van der Waals surface area contributed by atoms with Crippen LogP contribution in [0.2, 0.25) is 0 Å². The molecule has 0 aromatic heterocycles. The second-order valence-corrected chi connectivity index (χ2v) is 5.98. The van der Waals surface area contributed by atoms with Crippen LogP contribution in [0.25, 0.3) is 0 Å². The molecule has 0 radical (unpaired) electrons. The number of hydrogen-bond acceptors (Lipinski definition) is 2. The Morgan fingerprint density at radius 3 is 2.42 bits per heavy atom. The van der Waals surface area contributed by atoms with E-state index in [0.717, 1.165) is 18.4 Å². The Labute approximate surface area is 113 Å². The highest BCUT2D eigenvalue weighted by Gasteiger charge is 2.40. The molecule has 0 bridgehead atoms. The number of hydrogen-bond donors (Lipinski definition) is 1. The highest BCUT2D eigenvalue weighted by molar-refractivity contribution is 6.03. The van der Waals surface area contributed by atoms with Gasteiger partial charge in [0.1, 0.15) is 11.4 Å². The third kappa shape index (κ3) is 2.71. The molecule has 0 atom stereocenters. The van der Waals surface area contributed by atoms with Crippen molar-refractivity contribution in [2.45, 2.75) is 52.1 Å². The van der Waals surface area contributed by atoms with Crippen molar-refractivity contribution in [2.24, 2.45) is 5.92 Å². The van der Waals surface area contributed by atoms with Crippen LogP contribution in [0.15, 0.2) is 12.1 Å². The summed E-state index contributed by atoms with van der Waals surface area (Å²) < 4.78 is 14.0. The van der Waals surface area contributed by atoms with Gasteiger partial charge in [-0.2, -0.15) is 0 Å². The van der Waals surface area contributed by atoms with Crippen LogP contribution in [0.4, 0.5) is 4.39 Å². The predicted molar refractivity (Wildman–Crippen MR) is 72.8 cm³/mol. The van der Waals surface area contributed by atoms with Crippen molar-refractivity contribution in [1.82, 2.24) is 0 Å². The standard InChI is InChI=1S/C16H21FO2/c1-10-4-6-16(19,7-5-10)15(18)14-12(3)8-11(2)9-13(14)17/h8-10,19H,4-7H2,1-3H3. The number of ketones is 1. The molecule has 3 heteroatoms. The van der Waals surface area contributed by atoms with E-state index in [4.69, 9.17) is 0 Å². The van der Waals surface area contributed by atoms with Crippen molar-refractivity contribution in [2.75, 3.05) is 0 Å². The summed E-state index contributed by atoms with van der Waals surface area (Å²) in [6.07, 6.45) is 2.49. The SMILES string of the molecule is Cc1cc(C)c(C(=O)C2(O)CCC(C)CC2)c(F)c1. The monoisotopic (exact) mass is 264 g/mol. The summed E-state index contributed by atoms with van der Waals surface area (Å²) in [5, 5.41) is 10.5. The van der Waals surface area contributed by atoms with E-state index in [1.54, 1.807) is 19.9 Å². The predicted octanol–water partition coefficient (Wildman–Crippen LogP) is 3.57. The molecule has 1 aliphatic rings. The third-order valence-corrected chi connectivity index (χ3v) is 4.18. The van der Waals surface area contributed by atoms with Crippen LogP contribution in [0.1, 0.15) is 54.1 Å². The van der Waals surface area contributed by atoms with Gasteiger partial charge in [0.2, 0.25) is 0 Å². The first-order valence-corrected chi connectivity index (χ1v) is 6.87. The molecule has 0 saturated heterocycles. The largest absolute Gasteiger partial charge is 0.382 e. The maximum Gasteiger partial charge on any atom is 0.197 e. The lowest BCUT2D eigenvalue weighted by Gasteiger charge is -2.34. The fourth-order valence-corrected chi connectivity index (χ4v) is 2.90. The molecule has 104 valence electrons. The summed E-state index contributed by atoms with van der Waals surface area (Å²) in [5.41, 5.74) is 0.0703. The van der Waals surface area contributed by atoms with Crippen molar-refractivity contribution >= 4 is 5.78 Å². The Morgan fingerprint density at radius 1 is 1.32 bits per heavy atom. The fraction of sp³-hybridized carbons (Fsp3) is 0.562. The first-order chi connectivity index (χ1) is 8.83. The van der Waals surface area contributed by atoms with Gasteiger partial charge in [-0.1, -0.05) is 13.0 Å². The number of Topliss-reactive ketones (excluding diaryl/α,β-unsaturated/α-hetero) is 1. The molecule has 0 unspecified atom stereocenters. The lowest BCUT2D eigenvalue weighted by atomic mass is 9.75. The van der Waals surface area contributed by atoms with Crippen LogP contribution in [0, 0.1) is 25.6 Å². The number of benzene rings is 1. The van der Waals surface area contributed by atoms with Crippen LogP contribution in [0.3, 0.4) is 0 Å². The summed E-state index contributed by atoms with van der Waals surface area (Å²) in [5.74, 6) is -0.444. The minimum atomic E-state index is -1.38. The zero-order chi connectivity index (χ0) is 14.2. The fourth-order valence-electron chi connectivity index (χ4n) is 2.90. The molecule has 2 nitrogen and oxygen atoms in total. The number of halogens is 1. The molecule has 1 aromatic rings. The van der Waals surface area contributed by atoms with Gasteiger partial charge >= 0.3 is 0 Å².